The number of aromatic nitrogens is 1. The topological polar surface area (TPSA) is 339 Å². The maximum Gasteiger partial charge on any atom is 0.409 e. The molecule has 5 atom stereocenters. The number of ether oxygens (including phenoxy) is 5. The number of carbonyl (C=O) groups is 8. The summed E-state index contributed by atoms with van der Waals surface area (Å²) in [5.74, 6) is -5.44. The molecule has 404 valence electrons. The molecule has 2 heterocycles. The predicted octanol–water partition coefficient (Wildman–Crippen LogP) is 4.78. The zero-order valence-corrected chi connectivity index (χ0v) is 42.9. The monoisotopic (exact) mass is 1050 g/mol. The Balaban J connectivity index is 0.000000406. The average Bonchev–Trinajstić information content (AvgIpc) is 3.73. The van der Waals surface area contributed by atoms with Crippen molar-refractivity contribution in [3.8, 4) is 5.75 Å². The lowest BCUT2D eigenvalue weighted by atomic mass is 9.94. The molecule has 0 bridgehead atoms. The number of aryl methyl sites for hydroxylation is 1. The van der Waals surface area contributed by atoms with E-state index in [9.17, 15) is 58.8 Å². The number of hydrogen-bond donors (Lipinski definition) is 8. The Labute approximate surface area is 431 Å². The normalized spacial score (nSPS) is 17.4. The van der Waals surface area contributed by atoms with Gasteiger partial charge in [-0.25, -0.2) is 14.6 Å². The first-order valence-electron chi connectivity index (χ1n) is 24.4. The van der Waals surface area contributed by atoms with Crippen molar-refractivity contribution in [1.29, 1.82) is 1.43 Å². The van der Waals surface area contributed by atoms with Crippen molar-refractivity contribution in [3.05, 3.63) is 64.2 Å². The summed E-state index contributed by atoms with van der Waals surface area (Å²) in [5, 5.41) is 51.2. The molecule has 1 aromatic heterocycles. The molecule has 0 radical (unpaired) electrons. The summed E-state index contributed by atoms with van der Waals surface area (Å²) < 4.78 is 46.1. The van der Waals surface area contributed by atoms with Crippen LogP contribution < -0.4 is 20.7 Å². The Morgan fingerprint density at radius 2 is 1.41 bits per heavy atom. The van der Waals surface area contributed by atoms with Crippen LogP contribution in [0, 0.1) is 30.6 Å². The standard InChI is InChI=1S/C20H27NO10.C17H25N3O5.C11H16N2O3S/c1-4-13(22)29-8-10-5-6-11(7-12(10)21-17(25)9(2)3)30-20-14(18(26)27)15(23)16(24)19(28)31-20;1-12(2)15(21)18-14-7-5-13(6-8-14)11-25-17(24)20(4)10-9-19(3)16(22)23;1-6(2)10(15)13-11-12-7(3)9(17-11)5-16-8(4)14/h5-7,9,14-16,19-20,23-24,28H,4,8H2,1-3H3,(H,21,25)(H,26,27);5-8,12H,9-11H2,1-4H3,(H,18,21)(H,22,23);6H,5H2,1-4H3,(H,12,13,15)/i1D;;4D/hD. The van der Waals surface area contributed by atoms with Crippen LogP contribution in [0.5, 0.6) is 5.75 Å². The summed E-state index contributed by atoms with van der Waals surface area (Å²) in [6.45, 7) is 12.3. The molecule has 1 aliphatic rings. The molecule has 2 aromatic carbocycles. The average molecular weight is 1050 g/mol. The molecule has 73 heavy (non-hydrogen) atoms. The zero-order valence-electron chi connectivity index (χ0n) is 45.1. The molecular formula is C48H68N6O18S. The number of aliphatic hydroxyl groups is 3. The van der Waals surface area contributed by atoms with Crippen LogP contribution in [-0.2, 0) is 67.5 Å². The molecule has 1 saturated heterocycles. The Kier molecular flexibility index (Phi) is 23.6. The smallest absolute Gasteiger partial charge is 0.409 e. The van der Waals surface area contributed by atoms with Crippen LogP contribution in [0.25, 0.3) is 1.43 Å². The summed E-state index contributed by atoms with van der Waals surface area (Å²) in [7, 11) is 3.02. The van der Waals surface area contributed by atoms with Gasteiger partial charge in [0.05, 0.1) is 16.3 Å². The van der Waals surface area contributed by atoms with Gasteiger partial charge in [0.15, 0.2) is 11.4 Å². The van der Waals surface area contributed by atoms with E-state index in [0.29, 0.717) is 16.4 Å². The van der Waals surface area contributed by atoms with E-state index in [-0.39, 0.29) is 93.1 Å². The van der Waals surface area contributed by atoms with E-state index < -0.39 is 67.7 Å². The number of likely N-dealkylation sites (N-methyl/N-ethyl adjacent to an activating group) is 2. The van der Waals surface area contributed by atoms with Gasteiger partial charge in [-0.05, 0) is 36.8 Å². The molecule has 0 saturated carbocycles. The molecular weight excluding hydrogens is 981 g/mol. The van der Waals surface area contributed by atoms with Crippen LogP contribution in [0.1, 0.15) is 86.2 Å². The highest BCUT2D eigenvalue weighted by atomic mass is 32.1. The van der Waals surface area contributed by atoms with E-state index in [1.54, 1.807) is 65.9 Å². The second-order valence-electron chi connectivity index (χ2n) is 17.1. The minimum absolute atomic E-state index is 0.0253. The molecule has 0 aliphatic carbocycles. The molecule has 25 heteroatoms. The van der Waals surface area contributed by atoms with Gasteiger partial charge in [0.25, 0.3) is 1.43 Å². The third-order valence-electron chi connectivity index (χ3n) is 10.1. The SMILES string of the molecule is [2H]CC(=O)OCc1sc(NC(=O)C(C)C)nc1C.[2H]CCC(=O)OCc1ccc(OC2OC(O)C(O)C(O)C2C(=O)O)cc1NC(=O)C(C)C.[2H]OC(=O)N(C)CCN(C)C(=O)OCc1ccc(NC(=O)C(C)C)cc1. The molecule has 1 fully saturated rings. The third kappa shape index (κ3) is 21.4. The van der Waals surface area contributed by atoms with Crippen LogP contribution in [0.15, 0.2) is 42.5 Å². The highest BCUT2D eigenvalue weighted by Crippen LogP contribution is 2.31. The van der Waals surface area contributed by atoms with Crippen LogP contribution in [0.3, 0.4) is 0 Å². The number of nitrogens with zero attached hydrogens (tertiary/aromatic N) is 3. The lowest BCUT2D eigenvalue weighted by Crippen LogP contribution is -2.58. The first-order valence-corrected chi connectivity index (χ1v) is 23.4. The quantitative estimate of drug-likeness (QED) is 0.0591. The fourth-order valence-corrected chi connectivity index (χ4v) is 6.32. The van der Waals surface area contributed by atoms with E-state index in [1.807, 2.05) is 13.8 Å². The van der Waals surface area contributed by atoms with E-state index in [2.05, 4.69) is 26.0 Å². The van der Waals surface area contributed by atoms with E-state index in [0.717, 1.165) is 16.1 Å². The number of aliphatic carboxylic acids is 1. The molecule has 0 spiro atoms. The predicted molar refractivity (Wildman–Crippen MR) is 264 cm³/mol. The fraction of sp³-hybridized carbons (Fsp3) is 0.521. The van der Waals surface area contributed by atoms with Gasteiger partial charge in [-0.15, -0.1) is 0 Å². The van der Waals surface area contributed by atoms with Crippen LogP contribution >= 0.6 is 11.3 Å². The Morgan fingerprint density at radius 1 is 0.795 bits per heavy atom. The number of amides is 5. The number of thiazole rings is 1. The van der Waals surface area contributed by atoms with Crippen LogP contribution in [0.4, 0.5) is 26.1 Å². The Morgan fingerprint density at radius 3 is 2.00 bits per heavy atom. The number of hydrogen-bond acceptors (Lipinski definition) is 19. The minimum Gasteiger partial charge on any atom is -0.481 e. The molecule has 8 N–H and O–H groups in total. The van der Waals surface area contributed by atoms with Crippen molar-refractivity contribution in [2.45, 2.75) is 113 Å². The second kappa shape index (κ2) is 30.2. The lowest BCUT2D eigenvalue weighted by molar-refractivity contribution is -0.306. The fourth-order valence-electron chi connectivity index (χ4n) is 5.44. The maximum absolute atomic E-state index is 12.2. The van der Waals surface area contributed by atoms with E-state index in [4.69, 9.17) is 27.9 Å². The van der Waals surface area contributed by atoms with Crippen molar-refractivity contribution in [2.75, 3.05) is 43.1 Å². The van der Waals surface area contributed by atoms with Gasteiger partial charge in [-0.3, -0.25) is 28.8 Å². The molecule has 4 rings (SSSR count). The number of esters is 2. The van der Waals surface area contributed by atoms with Gasteiger partial charge in [-0.1, -0.05) is 71.9 Å². The number of nitrogens with one attached hydrogen (secondary N) is 3. The molecule has 5 unspecified atom stereocenters. The maximum atomic E-state index is 12.2. The Hall–Kier alpha value is -6.93. The highest BCUT2D eigenvalue weighted by Gasteiger charge is 2.49. The van der Waals surface area contributed by atoms with E-state index >= 15 is 0 Å². The summed E-state index contributed by atoms with van der Waals surface area (Å²) in [6.07, 6.45) is -8.61. The minimum atomic E-state index is -1.87. The molecule has 5 amide bonds. The first-order chi connectivity index (χ1) is 35.7. The van der Waals surface area contributed by atoms with Crippen molar-refractivity contribution < 1.29 is 90.3 Å². The number of carboxylic acids is 1. The van der Waals surface area contributed by atoms with Gasteiger partial charge >= 0.3 is 30.1 Å². The zero-order chi connectivity index (χ0) is 57.4. The van der Waals surface area contributed by atoms with E-state index in [1.165, 1.54) is 46.4 Å². The van der Waals surface area contributed by atoms with Gasteiger partial charge in [0.2, 0.25) is 24.0 Å². The summed E-state index contributed by atoms with van der Waals surface area (Å²) >= 11 is 1.28. The molecule has 24 nitrogen and oxygen atoms in total. The number of carboxylic acid groups (broad SMARTS) is 2. The Bertz CT molecular complexity index is 2410. The molecule has 3 aromatic rings. The van der Waals surface area contributed by atoms with Gasteiger partial charge in [0, 0.05) is 78.3 Å². The largest absolute Gasteiger partial charge is 0.481 e. The third-order valence-corrected chi connectivity index (χ3v) is 11.1. The van der Waals surface area contributed by atoms with Crippen LogP contribution in [0.2, 0.25) is 0 Å². The van der Waals surface area contributed by atoms with Gasteiger partial charge < -0.3 is 75.0 Å². The summed E-state index contributed by atoms with van der Waals surface area (Å²) in [6, 6.07) is 11.2. The van der Waals surface area contributed by atoms with Gasteiger partial charge in [-0.2, -0.15) is 0 Å². The number of benzene rings is 2. The van der Waals surface area contributed by atoms with Crippen molar-refractivity contribution in [1.82, 2.24) is 14.8 Å². The van der Waals surface area contributed by atoms with Crippen molar-refractivity contribution in [3.63, 3.8) is 0 Å². The van der Waals surface area contributed by atoms with Gasteiger partial charge in [0.1, 0.15) is 43.7 Å². The number of rotatable bonds is 19. The number of anilines is 3. The number of aliphatic hydroxyl groups excluding tert-OH is 3. The van der Waals surface area contributed by atoms with Crippen LogP contribution in [-0.4, -0.2) is 140 Å². The molecule has 1 aliphatic heterocycles. The summed E-state index contributed by atoms with van der Waals surface area (Å²) in [5.41, 5.74) is 2.82. The van der Waals surface area contributed by atoms with Crippen molar-refractivity contribution in [2.24, 2.45) is 23.7 Å². The number of carbonyl (C=O) groups excluding carboxylic acids is 6. The second-order valence-corrected chi connectivity index (χ2v) is 18.2. The lowest BCUT2D eigenvalue weighted by Gasteiger charge is -2.38. The first kappa shape index (κ1) is 57.0. The highest BCUT2D eigenvalue weighted by molar-refractivity contribution is 7.15. The summed E-state index contributed by atoms with van der Waals surface area (Å²) in [4.78, 5) is 99.8. The van der Waals surface area contributed by atoms with Crippen molar-refractivity contribution >= 4 is 75.7 Å².